The van der Waals surface area contributed by atoms with Gasteiger partial charge in [0.05, 0.1) is 12.1 Å². The van der Waals surface area contributed by atoms with Crippen molar-refractivity contribution in [3.63, 3.8) is 0 Å². The molecule has 7 heteroatoms. The standard InChI is InChI=1S/C21H26N4O3/c22-20-15(7-4-10-23-20)13-24-21(28)16-11-17(18(26)12-16)25-19(27)9-8-14-5-2-1-3-6-14/h1-7,10,16-18,26H,8-9,11-13H2,(H2,22,23)(H,24,28)(H,25,27)/t16-,17-,18-/m0/s1. The third-order valence-corrected chi connectivity index (χ3v) is 5.11. The molecule has 1 aromatic carbocycles. The van der Waals surface area contributed by atoms with Crippen LogP contribution in [-0.2, 0) is 22.6 Å². The molecule has 2 amide bonds. The SMILES string of the molecule is Nc1ncccc1CNC(=O)[C@H]1C[C@H](NC(=O)CCc2ccccc2)[C@@H](O)C1. The lowest BCUT2D eigenvalue weighted by molar-refractivity contribution is -0.125. The molecule has 3 rings (SSSR count). The molecule has 3 atom stereocenters. The summed E-state index contributed by atoms with van der Waals surface area (Å²) < 4.78 is 0. The minimum absolute atomic E-state index is 0.114. The summed E-state index contributed by atoms with van der Waals surface area (Å²) >= 11 is 0. The van der Waals surface area contributed by atoms with Crippen molar-refractivity contribution in [2.75, 3.05) is 5.73 Å². The van der Waals surface area contributed by atoms with Crippen LogP contribution in [-0.4, -0.2) is 34.1 Å². The Kier molecular flexibility index (Phi) is 6.60. The van der Waals surface area contributed by atoms with Gasteiger partial charge in [-0.3, -0.25) is 9.59 Å². The molecule has 2 aromatic rings. The van der Waals surface area contributed by atoms with Crippen LogP contribution in [0.3, 0.4) is 0 Å². The van der Waals surface area contributed by atoms with Crippen molar-refractivity contribution in [2.24, 2.45) is 5.92 Å². The molecule has 0 spiro atoms. The predicted octanol–water partition coefficient (Wildman–Crippen LogP) is 1.17. The molecule has 5 N–H and O–H groups in total. The molecule has 0 aliphatic heterocycles. The molecule has 7 nitrogen and oxygen atoms in total. The van der Waals surface area contributed by atoms with E-state index in [1.165, 1.54) is 0 Å². The molecule has 0 saturated heterocycles. The quantitative estimate of drug-likeness (QED) is 0.573. The van der Waals surface area contributed by atoms with Gasteiger partial charge in [0.25, 0.3) is 0 Å². The number of aliphatic hydroxyl groups is 1. The molecule has 1 fully saturated rings. The average Bonchev–Trinajstić information content (AvgIpc) is 3.07. The van der Waals surface area contributed by atoms with Crippen LogP contribution < -0.4 is 16.4 Å². The molecule has 1 saturated carbocycles. The molecule has 1 aromatic heterocycles. The second kappa shape index (κ2) is 9.32. The van der Waals surface area contributed by atoms with E-state index >= 15 is 0 Å². The highest BCUT2D eigenvalue weighted by molar-refractivity contribution is 5.80. The third kappa shape index (κ3) is 5.29. The molecular formula is C21H26N4O3. The largest absolute Gasteiger partial charge is 0.391 e. The van der Waals surface area contributed by atoms with Gasteiger partial charge in [-0.2, -0.15) is 0 Å². The van der Waals surface area contributed by atoms with Gasteiger partial charge in [-0.1, -0.05) is 36.4 Å². The van der Waals surface area contributed by atoms with E-state index in [9.17, 15) is 14.7 Å². The summed E-state index contributed by atoms with van der Waals surface area (Å²) in [6.45, 7) is 0.291. The number of pyridine rings is 1. The second-order valence-corrected chi connectivity index (χ2v) is 7.16. The number of benzene rings is 1. The van der Waals surface area contributed by atoms with Crippen molar-refractivity contribution in [3.8, 4) is 0 Å². The predicted molar refractivity (Wildman–Crippen MR) is 106 cm³/mol. The molecule has 1 aliphatic carbocycles. The van der Waals surface area contributed by atoms with Gasteiger partial charge < -0.3 is 21.5 Å². The van der Waals surface area contributed by atoms with Gasteiger partial charge in [0, 0.05) is 30.6 Å². The number of nitrogens with two attached hydrogens (primary N) is 1. The minimum atomic E-state index is -0.722. The Hall–Kier alpha value is -2.93. The fourth-order valence-electron chi connectivity index (χ4n) is 3.49. The highest BCUT2D eigenvalue weighted by Crippen LogP contribution is 2.26. The summed E-state index contributed by atoms with van der Waals surface area (Å²) in [5.41, 5.74) is 7.62. The monoisotopic (exact) mass is 382 g/mol. The van der Waals surface area contributed by atoms with Crippen molar-refractivity contribution in [3.05, 3.63) is 59.8 Å². The Labute approximate surface area is 164 Å². The van der Waals surface area contributed by atoms with E-state index in [1.54, 1.807) is 12.3 Å². The van der Waals surface area contributed by atoms with E-state index in [0.29, 0.717) is 38.0 Å². The molecule has 148 valence electrons. The summed E-state index contributed by atoms with van der Waals surface area (Å²) in [5.74, 6) is -0.217. The second-order valence-electron chi connectivity index (χ2n) is 7.16. The van der Waals surface area contributed by atoms with Crippen molar-refractivity contribution in [1.29, 1.82) is 0 Å². The minimum Gasteiger partial charge on any atom is -0.391 e. The lowest BCUT2D eigenvalue weighted by atomic mass is 10.1. The maximum atomic E-state index is 12.4. The van der Waals surface area contributed by atoms with Gasteiger partial charge in [-0.15, -0.1) is 0 Å². The average molecular weight is 382 g/mol. The number of aromatic nitrogens is 1. The van der Waals surface area contributed by atoms with E-state index in [2.05, 4.69) is 15.6 Å². The van der Waals surface area contributed by atoms with Crippen LogP contribution in [0.2, 0.25) is 0 Å². The Morgan fingerprint density at radius 3 is 2.68 bits per heavy atom. The highest BCUT2D eigenvalue weighted by atomic mass is 16.3. The van der Waals surface area contributed by atoms with Crippen molar-refractivity contribution >= 4 is 17.6 Å². The van der Waals surface area contributed by atoms with E-state index < -0.39 is 12.1 Å². The number of hydrogen-bond acceptors (Lipinski definition) is 5. The number of nitrogens with one attached hydrogen (secondary N) is 2. The number of hydrogen-bond donors (Lipinski definition) is 4. The first-order valence-corrected chi connectivity index (χ1v) is 9.51. The fraction of sp³-hybridized carbons (Fsp3) is 0.381. The van der Waals surface area contributed by atoms with Crippen LogP contribution in [0.15, 0.2) is 48.7 Å². The lowest BCUT2D eigenvalue weighted by Gasteiger charge is -2.16. The zero-order chi connectivity index (χ0) is 19.9. The van der Waals surface area contributed by atoms with Crippen molar-refractivity contribution in [1.82, 2.24) is 15.6 Å². The maximum absolute atomic E-state index is 12.4. The van der Waals surface area contributed by atoms with E-state index in [-0.39, 0.29) is 17.7 Å². The van der Waals surface area contributed by atoms with Crippen LogP contribution in [0.25, 0.3) is 0 Å². The Morgan fingerprint density at radius 1 is 1.14 bits per heavy atom. The molecule has 0 bridgehead atoms. The Bertz CT molecular complexity index is 812. The molecule has 1 heterocycles. The fourth-order valence-corrected chi connectivity index (χ4v) is 3.49. The van der Waals surface area contributed by atoms with Crippen molar-refractivity contribution in [2.45, 2.75) is 44.4 Å². The van der Waals surface area contributed by atoms with E-state index in [0.717, 1.165) is 11.1 Å². The van der Waals surface area contributed by atoms with Gasteiger partial charge in [0.15, 0.2) is 0 Å². The summed E-state index contributed by atoms with van der Waals surface area (Å²) in [6, 6.07) is 12.9. The molecule has 0 radical (unpaired) electrons. The zero-order valence-corrected chi connectivity index (χ0v) is 15.7. The van der Waals surface area contributed by atoms with Gasteiger partial charge in [-0.25, -0.2) is 4.98 Å². The van der Waals surface area contributed by atoms with Crippen molar-refractivity contribution < 1.29 is 14.7 Å². The number of amides is 2. The first-order chi connectivity index (χ1) is 13.5. The number of aliphatic hydroxyl groups excluding tert-OH is 1. The van der Waals surface area contributed by atoms with Gasteiger partial charge in [0.2, 0.25) is 11.8 Å². The molecule has 0 unspecified atom stereocenters. The van der Waals surface area contributed by atoms with Gasteiger partial charge in [-0.05, 0) is 30.9 Å². The van der Waals surface area contributed by atoms with Gasteiger partial charge in [0.1, 0.15) is 5.82 Å². The number of carbonyl (C=O) groups excluding carboxylic acids is 2. The molecule has 28 heavy (non-hydrogen) atoms. The molecular weight excluding hydrogens is 356 g/mol. The Balaban J connectivity index is 1.44. The Morgan fingerprint density at radius 2 is 1.93 bits per heavy atom. The van der Waals surface area contributed by atoms with Crippen LogP contribution >= 0.6 is 0 Å². The van der Waals surface area contributed by atoms with E-state index in [4.69, 9.17) is 5.73 Å². The summed E-state index contributed by atoms with van der Waals surface area (Å²) in [5, 5.41) is 16.0. The maximum Gasteiger partial charge on any atom is 0.223 e. The summed E-state index contributed by atoms with van der Waals surface area (Å²) in [4.78, 5) is 28.6. The number of rotatable bonds is 7. The first-order valence-electron chi connectivity index (χ1n) is 9.51. The van der Waals surface area contributed by atoms with Gasteiger partial charge >= 0.3 is 0 Å². The number of carbonyl (C=O) groups is 2. The smallest absolute Gasteiger partial charge is 0.223 e. The van der Waals surface area contributed by atoms with Crippen LogP contribution in [0.5, 0.6) is 0 Å². The number of anilines is 1. The molecule has 1 aliphatic rings. The van der Waals surface area contributed by atoms with Crippen LogP contribution in [0.4, 0.5) is 5.82 Å². The number of aryl methyl sites for hydroxylation is 1. The topological polar surface area (TPSA) is 117 Å². The normalized spacial score (nSPS) is 21.2. The summed E-state index contributed by atoms with van der Waals surface area (Å²) in [6.07, 6.45) is 2.62. The first kappa shape index (κ1) is 19.8. The van der Waals surface area contributed by atoms with Crippen LogP contribution in [0.1, 0.15) is 30.4 Å². The number of nitrogens with zero attached hydrogens (tertiary/aromatic N) is 1. The number of nitrogen functional groups attached to an aromatic ring is 1. The third-order valence-electron chi connectivity index (χ3n) is 5.11. The zero-order valence-electron chi connectivity index (χ0n) is 15.7. The van der Waals surface area contributed by atoms with E-state index in [1.807, 2.05) is 36.4 Å². The summed E-state index contributed by atoms with van der Waals surface area (Å²) in [7, 11) is 0. The highest BCUT2D eigenvalue weighted by Gasteiger charge is 2.37. The lowest BCUT2D eigenvalue weighted by Crippen LogP contribution is -2.40. The van der Waals surface area contributed by atoms with Crippen LogP contribution in [0, 0.1) is 5.92 Å².